The van der Waals surface area contributed by atoms with Gasteiger partial charge >= 0.3 is 0 Å². The number of likely N-dealkylation sites (N-methyl/N-ethyl adjacent to an activating group) is 1. The zero-order chi connectivity index (χ0) is 10.5. The summed E-state index contributed by atoms with van der Waals surface area (Å²) < 4.78 is 26.1. The molecule has 0 saturated heterocycles. The van der Waals surface area contributed by atoms with E-state index in [1.54, 1.807) is 7.05 Å². The molecule has 0 unspecified atom stereocenters. The van der Waals surface area contributed by atoms with Crippen molar-refractivity contribution in [3.63, 3.8) is 0 Å². The van der Waals surface area contributed by atoms with E-state index < -0.39 is 9.84 Å². The second-order valence-corrected chi connectivity index (χ2v) is 5.14. The van der Waals surface area contributed by atoms with Crippen LogP contribution in [0.4, 0.5) is 0 Å². The Morgan fingerprint density at radius 1 is 1.46 bits per heavy atom. The molecule has 0 heterocycles. The van der Waals surface area contributed by atoms with Crippen molar-refractivity contribution in [2.24, 2.45) is 0 Å². The number of hydrogen-bond acceptors (Lipinski definition) is 4. The van der Waals surface area contributed by atoms with E-state index in [0.29, 0.717) is 0 Å². The SMILES string of the molecule is COCC(=O)N(C)CCS(C)(=O)=O. The van der Waals surface area contributed by atoms with Gasteiger partial charge in [0.05, 0.1) is 5.75 Å². The molecule has 0 rings (SSSR count). The number of ether oxygens (including phenoxy) is 1. The Bertz CT molecular complexity index is 260. The highest BCUT2D eigenvalue weighted by Gasteiger charge is 2.10. The fourth-order valence-electron chi connectivity index (χ4n) is 0.661. The summed E-state index contributed by atoms with van der Waals surface area (Å²) in [7, 11) is -0.0353. The summed E-state index contributed by atoms with van der Waals surface area (Å²) in [5.74, 6) is -0.231. The molecule has 0 aliphatic carbocycles. The quantitative estimate of drug-likeness (QED) is 0.591. The first-order valence-corrected chi connectivity index (χ1v) is 5.83. The zero-order valence-corrected chi connectivity index (χ0v) is 8.93. The molecule has 1 amide bonds. The minimum Gasteiger partial charge on any atom is -0.375 e. The number of methoxy groups -OCH3 is 1. The molecule has 0 N–H and O–H groups in total. The highest BCUT2D eigenvalue weighted by Crippen LogP contribution is 1.89. The maximum Gasteiger partial charge on any atom is 0.248 e. The lowest BCUT2D eigenvalue weighted by molar-refractivity contribution is -0.133. The molecule has 0 atom stereocenters. The third kappa shape index (κ3) is 6.53. The smallest absolute Gasteiger partial charge is 0.248 e. The number of amides is 1. The number of hydrogen-bond donors (Lipinski definition) is 0. The first-order chi connectivity index (χ1) is 5.87. The normalized spacial score (nSPS) is 11.3. The third-order valence-electron chi connectivity index (χ3n) is 1.49. The highest BCUT2D eigenvalue weighted by atomic mass is 32.2. The fraction of sp³-hybridized carbons (Fsp3) is 0.857. The number of carbonyl (C=O) groups excluding carboxylic acids is 1. The predicted molar refractivity (Wildman–Crippen MR) is 49.2 cm³/mol. The molecule has 0 aromatic rings. The Morgan fingerprint density at radius 2 is 2.00 bits per heavy atom. The fourth-order valence-corrected chi connectivity index (χ4v) is 1.27. The summed E-state index contributed by atoms with van der Waals surface area (Å²) in [6.07, 6.45) is 1.14. The van der Waals surface area contributed by atoms with Crippen molar-refractivity contribution in [2.75, 3.05) is 39.3 Å². The van der Waals surface area contributed by atoms with E-state index in [-0.39, 0.29) is 24.8 Å². The van der Waals surface area contributed by atoms with Crippen LogP contribution in [-0.2, 0) is 19.4 Å². The van der Waals surface area contributed by atoms with Crippen LogP contribution in [0.15, 0.2) is 0 Å². The van der Waals surface area contributed by atoms with Crippen molar-refractivity contribution in [3.05, 3.63) is 0 Å². The molecule has 0 aliphatic heterocycles. The summed E-state index contributed by atoms with van der Waals surface area (Å²) in [5.41, 5.74) is 0. The van der Waals surface area contributed by atoms with E-state index in [4.69, 9.17) is 0 Å². The predicted octanol–water partition coefficient (Wildman–Crippen LogP) is -0.864. The first-order valence-electron chi connectivity index (χ1n) is 3.77. The average Bonchev–Trinajstić information content (AvgIpc) is 1.99. The molecule has 0 aromatic carbocycles. The molecule has 0 radical (unpaired) electrons. The van der Waals surface area contributed by atoms with Crippen molar-refractivity contribution < 1.29 is 17.9 Å². The Kier molecular flexibility index (Phi) is 4.94. The summed E-state index contributed by atoms with van der Waals surface area (Å²) in [4.78, 5) is 12.4. The van der Waals surface area contributed by atoms with Gasteiger partial charge in [-0.3, -0.25) is 4.79 Å². The molecule has 78 valence electrons. The monoisotopic (exact) mass is 209 g/mol. The second-order valence-electron chi connectivity index (χ2n) is 2.88. The van der Waals surface area contributed by atoms with Crippen molar-refractivity contribution >= 4 is 15.7 Å². The number of carbonyl (C=O) groups is 1. The van der Waals surface area contributed by atoms with Gasteiger partial charge in [0.2, 0.25) is 5.91 Å². The van der Waals surface area contributed by atoms with Gasteiger partial charge in [-0.15, -0.1) is 0 Å². The van der Waals surface area contributed by atoms with Crippen LogP contribution in [0.25, 0.3) is 0 Å². The number of nitrogens with zero attached hydrogens (tertiary/aromatic N) is 1. The van der Waals surface area contributed by atoms with E-state index >= 15 is 0 Å². The summed E-state index contributed by atoms with van der Waals surface area (Å²) in [6, 6.07) is 0. The lowest BCUT2D eigenvalue weighted by atomic mass is 10.5. The van der Waals surface area contributed by atoms with Gasteiger partial charge in [0, 0.05) is 27.0 Å². The van der Waals surface area contributed by atoms with E-state index in [9.17, 15) is 13.2 Å². The van der Waals surface area contributed by atoms with Crippen LogP contribution in [0.1, 0.15) is 0 Å². The van der Waals surface area contributed by atoms with Crippen LogP contribution in [0.3, 0.4) is 0 Å². The van der Waals surface area contributed by atoms with Gasteiger partial charge in [0.25, 0.3) is 0 Å². The van der Waals surface area contributed by atoms with Crippen LogP contribution in [0.5, 0.6) is 0 Å². The van der Waals surface area contributed by atoms with Crippen molar-refractivity contribution in [2.45, 2.75) is 0 Å². The maximum atomic E-state index is 11.1. The first kappa shape index (κ1) is 12.4. The van der Waals surface area contributed by atoms with Crippen LogP contribution >= 0.6 is 0 Å². The molecular weight excluding hydrogens is 194 g/mol. The average molecular weight is 209 g/mol. The summed E-state index contributed by atoms with van der Waals surface area (Å²) in [6.45, 7) is 0.196. The largest absolute Gasteiger partial charge is 0.375 e. The van der Waals surface area contributed by atoms with Crippen LogP contribution in [0, 0.1) is 0 Å². The van der Waals surface area contributed by atoms with Crippen molar-refractivity contribution in [1.82, 2.24) is 4.90 Å². The molecule has 0 aromatic heterocycles. The molecule has 0 bridgehead atoms. The van der Waals surface area contributed by atoms with Gasteiger partial charge in [-0.2, -0.15) is 0 Å². The Labute approximate surface area is 78.6 Å². The summed E-state index contributed by atoms with van der Waals surface area (Å²) in [5, 5.41) is 0. The van der Waals surface area contributed by atoms with Crippen LogP contribution in [0.2, 0.25) is 0 Å². The molecule has 6 heteroatoms. The Balaban J connectivity index is 3.88. The molecule has 0 aliphatic rings. The molecule has 5 nitrogen and oxygen atoms in total. The zero-order valence-electron chi connectivity index (χ0n) is 8.11. The maximum absolute atomic E-state index is 11.1. The van der Waals surface area contributed by atoms with Crippen molar-refractivity contribution in [3.8, 4) is 0 Å². The van der Waals surface area contributed by atoms with Crippen LogP contribution in [-0.4, -0.2) is 58.5 Å². The van der Waals surface area contributed by atoms with Gasteiger partial charge in [0.15, 0.2) is 0 Å². The number of rotatable bonds is 5. The van der Waals surface area contributed by atoms with Gasteiger partial charge in [-0.05, 0) is 0 Å². The number of sulfone groups is 1. The summed E-state index contributed by atoms with van der Waals surface area (Å²) >= 11 is 0. The second kappa shape index (κ2) is 5.18. The van der Waals surface area contributed by atoms with Gasteiger partial charge in [-0.1, -0.05) is 0 Å². The Hall–Kier alpha value is -0.620. The minimum absolute atomic E-state index is 0.0136. The lowest BCUT2D eigenvalue weighted by Gasteiger charge is -2.15. The van der Waals surface area contributed by atoms with Gasteiger partial charge in [0.1, 0.15) is 16.4 Å². The molecule has 0 spiro atoms. The van der Waals surface area contributed by atoms with Crippen LogP contribution < -0.4 is 0 Å². The van der Waals surface area contributed by atoms with E-state index in [1.807, 2.05) is 0 Å². The highest BCUT2D eigenvalue weighted by molar-refractivity contribution is 7.90. The molecule has 0 fully saturated rings. The minimum atomic E-state index is -3.00. The van der Waals surface area contributed by atoms with E-state index in [2.05, 4.69) is 4.74 Å². The van der Waals surface area contributed by atoms with Gasteiger partial charge < -0.3 is 9.64 Å². The van der Waals surface area contributed by atoms with E-state index in [0.717, 1.165) is 6.26 Å². The molecule has 0 saturated carbocycles. The third-order valence-corrected chi connectivity index (χ3v) is 2.42. The topological polar surface area (TPSA) is 63.7 Å². The van der Waals surface area contributed by atoms with Crippen molar-refractivity contribution in [1.29, 1.82) is 0 Å². The standard InChI is InChI=1S/C7H15NO4S/c1-8(7(9)6-12-2)4-5-13(3,10)11/h4-6H2,1-3H3. The Morgan fingerprint density at radius 3 is 2.38 bits per heavy atom. The molecule has 13 heavy (non-hydrogen) atoms. The lowest BCUT2D eigenvalue weighted by Crippen LogP contribution is -2.33. The molecular formula is C7H15NO4S. The van der Waals surface area contributed by atoms with E-state index in [1.165, 1.54) is 12.0 Å². The van der Waals surface area contributed by atoms with Gasteiger partial charge in [-0.25, -0.2) is 8.42 Å².